The molecule has 3 heterocycles. The number of phenolic OH excluding ortho intramolecular Hbond substituents is 1. The van der Waals surface area contributed by atoms with Gasteiger partial charge in [-0.15, -0.1) is 0 Å². The SMILES string of the molecule is CC1CCN(Cc2cc(Nc3ccnc4cc(C(F)(F)F)ccc34)cc(CN3CCC(C)C3)c2O)C1. The minimum Gasteiger partial charge on any atom is -0.507 e. The molecule has 0 saturated carbocycles. The fourth-order valence-corrected chi connectivity index (χ4v) is 5.48. The summed E-state index contributed by atoms with van der Waals surface area (Å²) in [6, 6.07) is 9.33. The van der Waals surface area contributed by atoms with Crippen LogP contribution < -0.4 is 5.32 Å². The third-order valence-corrected chi connectivity index (χ3v) is 7.42. The van der Waals surface area contributed by atoms with E-state index in [0.29, 0.717) is 41.7 Å². The lowest BCUT2D eigenvalue weighted by Crippen LogP contribution is -2.22. The second kappa shape index (κ2) is 9.90. The number of benzene rings is 2. The normalized spacial score (nSPS) is 21.5. The van der Waals surface area contributed by atoms with Gasteiger partial charge in [0.1, 0.15) is 5.75 Å². The first-order chi connectivity index (χ1) is 17.2. The van der Waals surface area contributed by atoms with Crippen LogP contribution >= 0.6 is 0 Å². The van der Waals surface area contributed by atoms with Crippen LogP contribution in [0, 0.1) is 11.8 Å². The monoisotopic (exact) mass is 498 g/mol. The molecule has 5 rings (SSSR count). The Labute approximate surface area is 209 Å². The van der Waals surface area contributed by atoms with Crippen molar-refractivity contribution in [3.8, 4) is 5.75 Å². The van der Waals surface area contributed by atoms with Crippen molar-refractivity contribution in [1.82, 2.24) is 14.8 Å². The number of hydrogen-bond acceptors (Lipinski definition) is 5. The number of pyridine rings is 1. The molecule has 192 valence electrons. The molecular weight excluding hydrogens is 465 g/mol. The highest BCUT2D eigenvalue weighted by Crippen LogP contribution is 2.36. The Morgan fingerprint density at radius 1 is 0.944 bits per heavy atom. The average Bonchev–Trinajstić information content (AvgIpc) is 3.43. The first-order valence-electron chi connectivity index (χ1n) is 12.7. The van der Waals surface area contributed by atoms with E-state index in [-0.39, 0.29) is 5.52 Å². The summed E-state index contributed by atoms with van der Waals surface area (Å²) in [4.78, 5) is 8.90. The largest absolute Gasteiger partial charge is 0.507 e. The smallest absolute Gasteiger partial charge is 0.416 e. The number of hydrogen-bond donors (Lipinski definition) is 2. The number of likely N-dealkylation sites (tertiary alicyclic amines) is 2. The van der Waals surface area contributed by atoms with Gasteiger partial charge >= 0.3 is 6.18 Å². The van der Waals surface area contributed by atoms with Crippen LogP contribution in [0.1, 0.15) is 43.4 Å². The molecule has 2 saturated heterocycles. The van der Waals surface area contributed by atoms with Crippen LogP contribution in [-0.2, 0) is 19.3 Å². The van der Waals surface area contributed by atoms with Gasteiger partial charge in [-0.3, -0.25) is 14.8 Å². The number of nitrogens with zero attached hydrogens (tertiary/aromatic N) is 3. The molecule has 2 unspecified atom stereocenters. The Bertz CT molecular complexity index is 1200. The Hall–Kier alpha value is -2.84. The molecule has 0 amide bonds. The van der Waals surface area contributed by atoms with Gasteiger partial charge in [-0.05, 0) is 68.1 Å². The fourth-order valence-electron chi connectivity index (χ4n) is 5.48. The molecule has 2 aliphatic heterocycles. The van der Waals surface area contributed by atoms with Crippen molar-refractivity contribution >= 4 is 22.3 Å². The highest BCUT2D eigenvalue weighted by Gasteiger charge is 2.31. The van der Waals surface area contributed by atoms with E-state index in [4.69, 9.17) is 0 Å². The topological polar surface area (TPSA) is 51.6 Å². The Morgan fingerprint density at radius 2 is 1.56 bits per heavy atom. The van der Waals surface area contributed by atoms with Gasteiger partial charge in [-0.25, -0.2) is 0 Å². The van der Waals surface area contributed by atoms with Gasteiger partial charge in [-0.2, -0.15) is 13.2 Å². The highest BCUT2D eigenvalue weighted by atomic mass is 19.4. The lowest BCUT2D eigenvalue weighted by Gasteiger charge is -2.22. The molecular formula is C28H33F3N4O. The maximum Gasteiger partial charge on any atom is 0.416 e. The van der Waals surface area contributed by atoms with Crippen molar-refractivity contribution in [2.75, 3.05) is 31.5 Å². The Kier molecular flexibility index (Phi) is 6.83. The van der Waals surface area contributed by atoms with Gasteiger partial charge in [0.05, 0.1) is 11.1 Å². The van der Waals surface area contributed by atoms with Crippen LogP contribution in [0.3, 0.4) is 0 Å². The third kappa shape index (κ3) is 5.44. The molecule has 2 fully saturated rings. The van der Waals surface area contributed by atoms with Crippen LogP contribution in [0.15, 0.2) is 42.6 Å². The summed E-state index contributed by atoms with van der Waals surface area (Å²) < 4.78 is 39.6. The summed E-state index contributed by atoms with van der Waals surface area (Å²) >= 11 is 0. The van der Waals surface area contributed by atoms with Crippen molar-refractivity contribution < 1.29 is 18.3 Å². The second-order valence-corrected chi connectivity index (χ2v) is 10.6. The van der Waals surface area contributed by atoms with E-state index in [0.717, 1.165) is 68.0 Å². The minimum absolute atomic E-state index is 0.283. The van der Waals surface area contributed by atoms with E-state index in [9.17, 15) is 18.3 Å². The van der Waals surface area contributed by atoms with Crippen molar-refractivity contribution in [2.45, 2.75) is 46.0 Å². The number of fused-ring (bicyclic) bond motifs is 1. The second-order valence-electron chi connectivity index (χ2n) is 10.6. The number of anilines is 2. The molecule has 0 bridgehead atoms. The molecule has 5 nitrogen and oxygen atoms in total. The van der Waals surface area contributed by atoms with Crippen molar-refractivity contribution in [3.63, 3.8) is 0 Å². The summed E-state index contributed by atoms with van der Waals surface area (Å²) in [6.45, 7) is 9.86. The van der Waals surface area contributed by atoms with Crippen LogP contribution in [0.4, 0.5) is 24.5 Å². The lowest BCUT2D eigenvalue weighted by atomic mass is 10.0. The fraction of sp³-hybridized carbons (Fsp3) is 0.464. The molecule has 2 aliphatic rings. The van der Waals surface area contributed by atoms with E-state index in [2.05, 4.69) is 33.9 Å². The standard InChI is InChI=1S/C28H33F3N4O/c1-18-6-9-34(14-18)16-20-11-23(12-21(27(20)36)17-35-10-7-19(2)15-35)33-25-5-8-32-26-13-22(28(29,30)31)3-4-24(25)26/h3-5,8,11-13,18-19,36H,6-7,9-10,14-17H2,1-2H3,(H,32,33). The van der Waals surface area contributed by atoms with Crippen LogP contribution in [0.25, 0.3) is 10.9 Å². The van der Waals surface area contributed by atoms with Crippen LogP contribution in [-0.4, -0.2) is 46.1 Å². The van der Waals surface area contributed by atoms with Crippen molar-refractivity contribution in [1.29, 1.82) is 0 Å². The molecule has 8 heteroatoms. The number of rotatable bonds is 6. The number of halogens is 3. The highest BCUT2D eigenvalue weighted by molar-refractivity contribution is 5.93. The quantitative estimate of drug-likeness (QED) is 0.386. The van der Waals surface area contributed by atoms with Crippen molar-refractivity contribution in [2.24, 2.45) is 11.8 Å². The van der Waals surface area contributed by atoms with Crippen LogP contribution in [0.5, 0.6) is 5.75 Å². The first-order valence-corrected chi connectivity index (χ1v) is 12.7. The molecule has 0 spiro atoms. The van der Waals surface area contributed by atoms with E-state index < -0.39 is 11.7 Å². The minimum atomic E-state index is -4.42. The molecule has 2 aromatic carbocycles. The zero-order chi connectivity index (χ0) is 25.4. The summed E-state index contributed by atoms with van der Waals surface area (Å²) in [5, 5.41) is 15.2. The lowest BCUT2D eigenvalue weighted by molar-refractivity contribution is -0.137. The van der Waals surface area contributed by atoms with E-state index in [1.807, 2.05) is 12.1 Å². The molecule has 3 aromatic rings. The molecule has 36 heavy (non-hydrogen) atoms. The maximum absolute atomic E-state index is 13.2. The summed E-state index contributed by atoms with van der Waals surface area (Å²) in [5.74, 6) is 1.63. The molecule has 0 aliphatic carbocycles. The molecule has 2 N–H and O–H groups in total. The number of aromatic hydroxyl groups is 1. The number of alkyl halides is 3. The van der Waals surface area contributed by atoms with Gasteiger partial charge < -0.3 is 10.4 Å². The van der Waals surface area contributed by atoms with E-state index >= 15 is 0 Å². The third-order valence-electron chi connectivity index (χ3n) is 7.42. The molecule has 2 atom stereocenters. The number of phenols is 1. The summed E-state index contributed by atoms with van der Waals surface area (Å²) in [5.41, 5.74) is 2.80. The zero-order valence-electron chi connectivity index (χ0n) is 20.8. The van der Waals surface area contributed by atoms with E-state index in [1.54, 1.807) is 6.07 Å². The van der Waals surface area contributed by atoms with Gasteiger partial charge in [-0.1, -0.05) is 19.9 Å². The van der Waals surface area contributed by atoms with Crippen LogP contribution in [0.2, 0.25) is 0 Å². The predicted molar refractivity (Wildman–Crippen MR) is 136 cm³/mol. The van der Waals surface area contributed by atoms with Crippen molar-refractivity contribution in [3.05, 3.63) is 59.3 Å². The number of aromatic nitrogens is 1. The Balaban J connectivity index is 1.48. The molecule has 0 radical (unpaired) electrons. The maximum atomic E-state index is 13.2. The first kappa shape index (κ1) is 24.8. The summed E-state index contributed by atoms with van der Waals surface area (Å²) in [7, 11) is 0. The zero-order valence-corrected chi connectivity index (χ0v) is 20.8. The molecule has 1 aromatic heterocycles. The average molecular weight is 499 g/mol. The van der Waals surface area contributed by atoms with Gasteiger partial charge in [0.2, 0.25) is 0 Å². The van der Waals surface area contributed by atoms with Gasteiger partial charge in [0, 0.05) is 60.3 Å². The Morgan fingerprint density at radius 3 is 2.08 bits per heavy atom. The van der Waals surface area contributed by atoms with Gasteiger partial charge in [0.15, 0.2) is 0 Å². The number of nitrogens with one attached hydrogen (secondary N) is 1. The van der Waals surface area contributed by atoms with Gasteiger partial charge in [0.25, 0.3) is 0 Å². The predicted octanol–water partition coefficient (Wildman–Crippen LogP) is 6.39. The van der Waals surface area contributed by atoms with E-state index in [1.165, 1.54) is 12.3 Å². The summed E-state index contributed by atoms with van der Waals surface area (Å²) in [6.07, 6.45) is -0.592.